The molecule has 5 rings (SSSR count). The number of benzene rings is 3. The highest BCUT2D eigenvalue weighted by atomic mass is 35.5. The predicted molar refractivity (Wildman–Crippen MR) is 152 cm³/mol. The Bertz CT molecular complexity index is 1660. The summed E-state index contributed by atoms with van der Waals surface area (Å²) in [6.07, 6.45) is 0.617. The number of amides is 1. The number of para-hydroxylation sites is 1. The van der Waals surface area contributed by atoms with Gasteiger partial charge in [-0.05, 0) is 67.1 Å². The average molecular weight is 537 g/mol. The predicted octanol–water partition coefficient (Wildman–Crippen LogP) is 6.83. The first-order chi connectivity index (χ1) is 19.1. The molecular formula is C31H25ClN4O3. The van der Waals surface area contributed by atoms with Crippen LogP contribution in [0, 0.1) is 11.3 Å². The first-order valence-electron chi connectivity index (χ1n) is 12.5. The lowest BCUT2D eigenvalue weighted by atomic mass is 10.1. The van der Waals surface area contributed by atoms with Crippen LogP contribution in [0.15, 0.2) is 95.4 Å². The largest absolute Gasteiger partial charge is 0.491 e. The van der Waals surface area contributed by atoms with Gasteiger partial charge < -0.3 is 19.8 Å². The first-order valence-corrected chi connectivity index (χ1v) is 12.9. The van der Waals surface area contributed by atoms with Crippen molar-refractivity contribution in [2.24, 2.45) is 0 Å². The number of aromatic nitrogens is 1. The molecule has 2 heterocycles. The summed E-state index contributed by atoms with van der Waals surface area (Å²) in [5.74, 6) is 2.68. The zero-order valence-corrected chi connectivity index (χ0v) is 21.7. The fraction of sp³-hybridized carbons (Fsp3) is 0.129. The van der Waals surface area contributed by atoms with Gasteiger partial charge in [0.1, 0.15) is 28.6 Å². The van der Waals surface area contributed by atoms with E-state index in [4.69, 9.17) is 31.0 Å². The van der Waals surface area contributed by atoms with Crippen molar-refractivity contribution in [1.82, 2.24) is 10.3 Å². The standard InChI is InChI=1S/C31H25ClN4O3/c32-25-9-2-7-23(18-25)27-13-12-26(39-27)20-35-29-14-11-22-6-3-10-28(30(22)36-29)38-16-4-15-34-31(37)24-8-1-5-21(17-24)19-33/h1-3,5-14,17-18H,4,15-16,20H2,(H,34,37)(H,35,36). The molecule has 0 saturated carbocycles. The molecule has 194 valence electrons. The summed E-state index contributed by atoms with van der Waals surface area (Å²) in [4.78, 5) is 17.1. The number of nitrogens with zero attached hydrogens (tertiary/aromatic N) is 2. The minimum absolute atomic E-state index is 0.217. The number of anilines is 1. The van der Waals surface area contributed by atoms with E-state index in [1.54, 1.807) is 24.3 Å². The summed E-state index contributed by atoms with van der Waals surface area (Å²) in [6.45, 7) is 1.33. The van der Waals surface area contributed by atoms with Gasteiger partial charge >= 0.3 is 0 Å². The fourth-order valence-electron chi connectivity index (χ4n) is 4.07. The molecule has 7 nitrogen and oxygen atoms in total. The lowest BCUT2D eigenvalue weighted by Crippen LogP contribution is -2.25. The highest BCUT2D eigenvalue weighted by molar-refractivity contribution is 6.30. The highest BCUT2D eigenvalue weighted by Crippen LogP contribution is 2.27. The Morgan fingerprint density at radius 1 is 1.00 bits per heavy atom. The zero-order valence-electron chi connectivity index (χ0n) is 21.0. The maximum atomic E-state index is 12.3. The molecule has 2 aromatic heterocycles. The molecule has 2 N–H and O–H groups in total. The van der Waals surface area contributed by atoms with E-state index in [-0.39, 0.29) is 5.91 Å². The van der Waals surface area contributed by atoms with E-state index in [1.807, 2.05) is 72.8 Å². The van der Waals surface area contributed by atoms with E-state index in [0.717, 1.165) is 28.0 Å². The number of rotatable bonds is 10. The van der Waals surface area contributed by atoms with E-state index in [0.29, 0.717) is 53.8 Å². The van der Waals surface area contributed by atoms with Crippen LogP contribution in [-0.2, 0) is 6.54 Å². The number of hydrogen-bond acceptors (Lipinski definition) is 6. The number of fused-ring (bicyclic) bond motifs is 1. The molecule has 0 aliphatic carbocycles. The van der Waals surface area contributed by atoms with Gasteiger partial charge in [-0.2, -0.15) is 5.26 Å². The van der Waals surface area contributed by atoms with Gasteiger partial charge in [-0.25, -0.2) is 4.98 Å². The molecule has 0 aliphatic heterocycles. The minimum Gasteiger partial charge on any atom is -0.491 e. The van der Waals surface area contributed by atoms with Crippen LogP contribution < -0.4 is 15.4 Å². The number of hydrogen-bond donors (Lipinski definition) is 2. The quantitative estimate of drug-likeness (QED) is 0.190. The van der Waals surface area contributed by atoms with Crippen LogP contribution >= 0.6 is 11.6 Å². The van der Waals surface area contributed by atoms with Crippen LogP contribution in [-0.4, -0.2) is 24.0 Å². The molecular weight excluding hydrogens is 512 g/mol. The second-order valence-electron chi connectivity index (χ2n) is 8.80. The lowest BCUT2D eigenvalue weighted by Gasteiger charge is -2.11. The normalized spacial score (nSPS) is 10.7. The summed E-state index contributed by atoms with van der Waals surface area (Å²) in [7, 11) is 0. The van der Waals surface area contributed by atoms with Gasteiger partial charge in [-0.1, -0.05) is 41.9 Å². The van der Waals surface area contributed by atoms with Crippen LogP contribution in [0.2, 0.25) is 5.02 Å². The summed E-state index contributed by atoms with van der Waals surface area (Å²) >= 11 is 6.10. The molecule has 0 radical (unpaired) electrons. The van der Waals surface area contributed by atoms with Gasteiger partial charge in [0.15, 0.2) is 0 Å². The molecule has 0 bridgehead atoms. The van der Waals surface area contributed by atoms with Gasteiger partial charge in [0.05, 0.1) is 24.8 Å². The highest BCUT2D eigenvalue weighted by Gasteiger charge is 2.09. The molecule has 0 unspecified atom stereocenters. The summed E-state index contributed by atoms with van der Waals surface area (Å²) < 4.78 is 12.0. The number of pyridine rings is 1. The van der Waals surface area contributed by atoms with Crippen molar-refractivity contribution < 1.29 is 13.9 Å². The van der Waals surface area contributed by atoms with Crippen LogP contribution in [0.5, 0.6) is 5.75 Å². The van der Waals surface area contributed by atoms with Crippen molar-refractivity contribution in [2.75, 3.05) is 18.5 Å². The van der Waals surface area contributed by atoms with Crippen molar-refractivity contribution in [2.45, 2.75) is 13.0 Å². The third-order valence-electron chi connectivity index (χ3n) is 6.02. The average Bonchev–Trinajstić information content (AvgIpc) is 3.45. The second kappa shape index (κ2) is 12.2. The molecule has 0 spiro atoms. The van der Waals surface area contributed by atoms with E-state index in [1.165, 1.54) is 0 Å². The molecule has 8 heteroatoms. The number of ether oxygens (including phenoxy) is 1. The molecule has 39 heavy (non-hydrogen) atoms. The summed E-state index contributed by atoms with van der Waals surface area (Å²) in [6, 6.07) is 29.8. The van der Waals surface area contributed by atoms with E-state index < -0.39 is 0 Å². The van der Waals surface area contributed by atoms with Gasteiger partial charge in [0, 0.05) is 28.1 Å². The Hall–Kier alpha value is -4.80. The zero-order chi connectivity index (χ0) is 27.0. The number of nitriles is 1. The van der Waals surface area contributed by atoms with Crippen molar-refractivity contribution >= 4 is 34.2 Å². The Kier molecular flexibility index (Phi) is 8.06. The van der Waals surface area contributed by atoms with E-state index in [2.05, 4.69) is 10.6 Å². The maximum absolute atomic E-state index is 12.3. The smallest absolute Gasteiger partial charge is 0.251 e. The summed E-state index contributed by atoms with van der Waals surface area (Å²) in [5, 5.41) is 16.8. The minimum atomic E-state index is -0.217. The SMILES string of the molecule is N#Cc1cccc(C(=O)NCCCOc2cccc3ccc(NCc4ccc(-c5cccc(Cl)c5)o4)nc23)c1. The van der Waals surface area contributed by atoms with Gasteiger partial charge in [0.25, 0.3) is 5.91 Å². The fourth-order valence-corrected chi connectivity index (χ4v) is 4.26. The van der Waals surface area contributed by atoms with Gasteiger partial charge in [-0.3, -0.25) is 4.79 Å². The van der Waals surface area contributed by atoms with Crippen LogP contribution in [0.4, 0.5) is 5.82 Å². The Morgan fingerprint density at radius 3 is 2.74 bits per heavy atom. The third kappa shape index (κ3) is 6.56. The monoisotopic (exact) mass is 536 g/mol. The molecule has 0 aliphatic rings. The number of halogens is 1. The number of carbonyl (C=O) groups is 1. The molecule has 5 aromatic rings. The number of carbonyl (C=O) groups excluding carboxylic acids is 1. The third-order valence-corrected chi connectivity index (χ3v) is 6.25. The van der Waals surface area contributed by atoms with Gasteiger partial charge in [-0.15, -0.1) is 0 Å². The Labute approximate surface area is 231 Å². The number of furan rings is 1. The van der Waals surface area contributed by atoms with Crippen LogP contribution in [0.1, 0.15) is 28.1 Å². The van der Waals surface area contributed by atoms with Crippen molar-refractivity contribution in [3.05, 3.63) is 113 Å². The Morgan fingerprint density at radius 2 is 1.87 bits per heavy atom. The topological polar surface area (TPSA) is 100 Å². The van der Waals surface area contributed by atoms with Crippen molar-refractivity contribution in [3.8, 4) is 23.1 Å². The molecule has 0 fully saturated rings. The molecule has 0 saturated heterocycles. The molecule has 0 atom stereocenters. The maximum Gasteiger partial charge on any atom is 0.251 e. The molecule has 3 aromatic carbocycles. The van der Waals surface area contributed by atoms with Crippen molar-refractivity contribution in [3.63, 3.8) is 0 Å². The Balaban J connectivity index is 1.16. The van der Waals surface area contributed by atoms with Crippen LogP contribution in [0.3, 0.4) is 0 Å². The summed E-state index contributed by atoms with van der Waals surface area (Å²) in [5.41, 5.74) is 2.59. The van der Waals surface area contributed by atoms with Crippen molar-refractivity contribution in [1.29, 1.82) is 5.26 Å². The van der Waals surface area contributed by atoms with Gasteiger partial charge in [0.2, 0.25) is 0 Å². The van der Waals surface area contributed by atoms with E-state index >= 15 is 0 Å². The van der Waals surface area contributed by atoms with Crippen LogP contribution in [0.25, 0.3) is 22.2 Å². The lowest BCUT2D eigenvalue weighted by molar-refractivity contribution is 0.0951. The first kappa shape index (κ1) is 25.8. The number of nitrogens with one attached hydrogen (secondary N) is 2. The molecule has 1 amide bonds. The second-order valence-corrected chi connectivity index (χ2v) is 9.24. The van der Waals surface area contributed by atoms with E-state index in [9.17, 15) is 4.79 Å².